The number of halogens is 1. The second-order valence-electron chi connectivity index (χ2n) is 3.58. The molecule has 0 amide bonds. The average molecular weight is 258 g/mol. The fourth-order valence-electron chi connectivity index (χ4n) is 1.60. The minimum atomic E-state index is -1.70. The van der Waals surface area contributed by atoms with Crippen LogP contribution in [-0.4, -0.2) is 43.5 Å². The van der Waals surface area contributed by atoms with E-state index in [1.54, 1.807) is 0 Å². The molecule has 9 nitrogen and oxygen atoms in total. The third-order valence-electron chi connectivity index (χ3n) is 2.36. The molecule has 18 heavy (non-hydrogen) atoms. The van der Waals surface area contributed by atoms with E-state index >= 15 is 0 Å². The number of carbonyl (C=O) groups excluding carboxylic acids is 1. The summed E-state index contributed by atoms with van der Waals surface area (Å²) in [4.78, 5) is 15.9. The number of carbonyl (C=O) groups is 1. The number of alkyl halides is 1. The van der Waals surface area contributed by atoms with Crippen molar-refractivity contribution in [2.24, 2.45) is 10.2 Å². The van der Waals surface area contributed by atoms with Gasteiger partial charge in [-0.25, -0.2) is 4.39 Å². The number of nitrogens with zero attached hydrogens (tertiary/aromatic N) is 6. The minimum Gasteiger partial charge on any atom is -0.457 e. The first kappa shape index (κ1) is 14.0. The van der Waals surface area contributed by atoms with Gasteiger partial charge in [-0.2, -0.15) is 0 Å². The molecule has 0 aliphatic carbocycles. The molecule has 1 rings (SSSR count). The first-order valence-electron chi connectivity index (χ1n) is 5.08. The van der Waals surface area contributed by atoms with Gasteiger partial charge in [0, 0.05) is 16.7 Å². The summed E-state index contributed by atoms with van der Waals surface area (Å²) < 4.78 is 23.9. The van der Waals surface area contributed by atoms with Crippen molar-refractivity contribution in [2.75, 3.05) is 13.2 Å². The molecule has 0 bridgehead atoms. The van der Waals surface area contributed by atoms with E-state index in [1.165, 1.54) is 0 Å². The molecule has 0 radical (unpaired) electrons. The molecule has 0 aromatic rings. The van der Waals surface area contributed by atoms with Gasteiger partial charge in [-0.05, 0) is 11.1 Å². The summed E-state index contributed by atoms with van der Waals surface area (Å²) in [5, 5.41) is 6.48. The Hall–Kier alpha value is -2.02. The molecular formula is C8H11FN6O3. The molecule has 0 aromatic heterocycles. The molecule has 1 saturated heterocycles. The SMILES string of the molecule is CC(=O)O[C@@H]1[C@H](F)C(N=[N+]=[N-])CO[C@@H]1CN=[N+]=[N-]. The molecule has 4 atom stereocenters. The summed E-state index contributed by atoms with van der Waals surface area (Å²) in [5.41, 5.74) is 16.5. The number of hydrogen-bond donors (Lipinski definition) is 0. The first-order valence-corrected chi connectivity index (χ1v) is 5.08. The number of rotatable bonds is 4. The van der Waals surface area contributed by atoms with Crippen LogP contribution in [0.3, 0.4) is 0 Å². The summed E-state index contributed by atoms with van der Waals surface area (Å²) in [6.07, 6.45) is -3.83. The fraction of sp³-hybridized carbons (Fsp3) is 0.875. The van der Waals surface area contributed by atoms with E-state index < -0.39 is 30.4 Å². The number of azide groups is 2. The molecule has 0 spiro atoms. The van der Waals surface area contributed by atoms with E-state index in [4.69, 9.17) is 20.5 Å². The Labute approximate surface area is 101 Å². The zero-order valence-electron chi connectivity index (χ0n) is 9.51. The van der Waals surface area contributed by atoms with Crippen molar-refractivity contribution in [1.29, 1.82) is 0 Å². The van der Waals surface area contributed by atoms with Crippen LogP contribution in [0.4, 0.5) is 4.39 Å². The maximum absolute atomic E-state index is 14.0. The smallest absolute Gasteiger partial charge is 0.303 e. The van der Waals surface area contributed by atoms with Gasteiger partial charge < -0.3 is 9.47 Å². The molecular weight excluding hydrogens is 247 g/mol. The van der Waals surface area contributed by atoms with Crippen molar-refractivity contribution >= 4 is 5.97 Å². The van der Waals surface area contributed by atoms with Crippen LogP contribution >= 0.6 is 0 Å². The topological polar surface area (TPSA) is 133 Å². The molecule has 10 heteroatoms. The van der Waals surface area contributed by atoms with Crippen LogP contribution in [-0.2, 0) is 14.3 Å². The monoisotopic (exact) mass is 258 g/mol. The zero-order valence-corrected chi connectivity index (χ0v) is 9.51. The van der Waals surface area contributed by atoms with Crippen LogP contribution < -0.4 is 0 Å². The van der Waals surface area contributed by atoms with E-state index in [0.29, 0.717) is 0 Å². The van der Waals surface area contributed by atoms with Crippen LogP contribution in [0.1, 0.15) is 6.92 Å². The third-order valence-corrected chi connectivity index (χ3v) is 2.36. The summed E-state index contributed by atoms with van der Waals surface area (Å²) in [6, 6.07) is -1.07. The summed E-state index contributed by atoms with van der Waals surface area (Å²) in [7, 11) is 0. The summed E-state index contributed by atoms with van der Waals surface area (Å²) >= 11 is 0. The van der Waals surface area contributed by atoms with Gasteiger partial charge in [0.1, 0.15) is 6.10 Å². The predicted octanol–water partition coefficient (Wildman–Crippen LogP) is 1.64. The highest BCUT2D eigenvalue weighted by Gasteiger charge is 2.42. The standard InChI is InChI=1S/C8H11FN6O3/c1-4(16)18-8-6(2-12-14-10)17-3-5(7(8)9)13-15-11/h5-8H,2-3H2,1H3/t5?,6-,7-,8+/m1/s1. The Balaban J connectivity index is 2.83. The normalized spacial score (nSPS) is 30.8. The van der Waals surface area contributed by atoms with Crippen molar-refractivity contribution in [3.8, 4) is 0 Å². The van der Waals surface area contributed by atoms with Gasteiger partial charge in [0.25, 0.3) is 0 Å². The van der Waals surface area contributed by atoms with Crippen LogP contribution in [0.15, 0.2) is 10.2 Å². The van der Waals surface area contributed by atoms with Gasteiger partial charge in [0.05, 0.1) is 19.2 Å². The van der Waals surface area contributed by atoms with E-state index in [1.807, 2.05) is 0 Å². The minimum absolute atomic E-state index is 0.158. The molecule has 1 aliphatic rings. The zero-order chi connectivity index (χ0) is 13.5. The Bertz CT molecular complexity index is 404. The van der Waals surface area contributed by atoms with Crippen LogP contribution in [0.5, 0.6) is 0 Å². The largest absolute Gasteiger partial charge is 0.457 e. The van der Waals surface area contributed by atoms with Crippen LogP contribution in [0, 0.1) is 0 Å². The van der Waals surface area contributed by atoms with E-state index in [9.17, 15) is 9.18 Å². The van der Waals surface area contributed by atoms with Gasteiger partial charge in [-0.3, -0.25) is 4.79 Å². The van der Waals surface area contributed by atoms with Gasteiger partial charge in [-0.1, -0.05) is 10.2 Å². The van der Waals surface area contributed by atoms with Gasteiger partial charge in [0.2, 0.25) is 0 Å². The van der Waals surface area contributed by atoms with Crippen molar-refractivity contribution in [1.82, 2.24) is 0 Å². The van der Waals surface area contributed by atoms with Gasteiger partial charge >= 0.3 is 5.97 Å². The molecule has 1 fully saturated rings. The lowest BCUT2D eigenvalue weighted by Crippen LogP contribution is -2.53. The highest BCUT2D eigenvalue weighted by Crippen LogP contribution is 2.24. The van der Waals surface area contributed by atoms with Crippen LogP contribution in [0.2, 0.25) is 0 Å². The Morgan fingerprint density at radius 3 is 2.83 bits per heavy atom. The highest BCUT2D eigenvalue weighted by atomic mass is 19.1. The lowest BCUT2D eigenvalue weighted by Gasteiger charge is -2.35. The van der Waals surface area contributed by atoms with Gasteiger partial charge in [0.15, 0.2) is 12.3 Å². The summed E-state index contributed by atoms with van der Waals surface area (Å²) in [5.74, 6) is -0.696. The number of esters is 1. The van der Waals surface area contributed by atoms with Crippen LogP contribution in [0.25, 0.3) is 20.9 Å². The maximum atomic E-state index is 14.0. The Morgan fingerprint density at radius 2 is 2.28 bits per heavy atom. The Morgan fingerprint density at radius 1 is 1.56 bits per heavy atom. The molecule has 0 saturated carbocycles. The third kappa shape index (κ3) is 3.49. The molecule has 0 N–H and O–H groups in total. The predicted molar refractivity (Wildman–Crippen MR) is 57.1 cm³/mol. The summed E-state index contributed by atoms with van der Waals surface area (Å²) in [6.45, 7) is 0.793. The molecule has 1 unspecified atom stereocenters. The van der Waals surface area contributed by atoms with E-state index in [0.717, 1.165) is 6.92 Å². The van der Waals surface area contributed by atoms with Crippen molar-refractivity contribution in [2.45, 2.75) is 31.3 Å². The quantitative estimate of drug-likeness (QED) is 0.328. The van der Waals surface area contributed by atoms with E-state index in [-0.39, 0.29) is 13.2 Å². The Kier molecular flexibility index (Phi) is 5.19. The lowest BCUT2D eigenvalue weighted by atomic mass is 9.99. The lowest BCUT2D eigenvalue weighted by molar-refractivity contribution is -0.172. The number of hydrogen-bond acceptors (Lipinski definition) is 5. The number of ether oxygens (including phenoxy) is 2. The van der Waals surface area contributed by atoms with Gasteiger partial charge in [-0.15, -0.1) is 0 Å². The second-order valence-corrected chi connectivity index (χ2v) is 3.58. The fourth-order valence-corrected chi connectivity index (χ4v) is 1.60. The van der Waals surface area contributed by atoms with Crippen molar-refractivity contribution in [3.63, 3.8) is 0 Å². The maximum Gasteiger partial charge on any atom is 0.303 e. The average Bonchev–Trinajstić information content (AvgIpc) is 2.33. The second kappa shape index (κ2) is 6.65. The highest BCUT2D eigenvalue weighted by molar-refractivity contribution is 5.66. The first-order chi connectivity index (χ1) is 8.60. The molecule has 1 heterocycles. The van der Waals surface area contributed by atoms with Crippen molar-refractivity contribution < 1.29 is 18.7 Å². The van der Waals surface area contributed by atoms with E-state index in [2.05, 4.69) is 20.1 Å². The molecule has 1 aliphatic heterocycles. The van der Waals surface area contributed by atoms with Crippen molar-refractivity contribution in [3.05, 3.63) is 20.9 Å². The molecule has 0 aromatic carbocycles. The molecule has 98 valence electrons.